The lowest BCUT2D eigenvalue weighted by molar-refractivity contribution is -0.148. The molecule has 0 radical (unpaired) electrons. The fourth-order valence-corrected chi connectivity index (χ4v) is 2.81. The quantitative estimate of drug-likeness (QED) is 0.734. The maximum atomic E-state index is 11.9. The van der Waals surface area contributed by atoms with Gasteiger partial charge in [0.1, 0.15) is 5.54 Å². The van der Waals surface area contributed by atoms with Gasteiger partial charge in [-0.15, -0.1) is 0 Å². The Bertz CT molecular complexity index is 263. The Hall–Kier alpha value is -0.610. The number of hydrogen-bond acceptors (Lipinski definition) is 4. The van der Waals surface area contributed by atoms with Crippen molar-refractivity contribution in [3.05, 3.63) is 0 Å². The average Bonchev–Trinajstić information content (AvgIpc) is 2.39. The number of likely N-dealkylation sites (tertiary alicyclic amines) is 1. The number of likely N-dealkylation sites (N-methyl/N-ethyl adjacent to an activating group) is 1. The second-order valence-corrected chi connectivity index (χ2v) is 5.48. The first-order valence-electron chi connectivity index (χ1n) is 7.11. The SMILES string of the molecule is CCNC(C)(CN1CCC(CC)CC1)C(=O)OC. The van der Waals surface area contributed by atoms with Crippen LogP contribution in [0.15, 0.2) is 0 Å². The molecule has 18 heavy (non-hydrogen) atoms. The third-order valence-corrected chi connectivity index (χ3v) is 4.03. The van der Waals surface area contributed by atoms with Crippen LogP contribution in [0.4, 0.5) is 0 Å². The molecular formula is C14H28N2O2. The summed E-state index contributed by atoms with van der Waals surface area (Å²) in [5, 5.41) is 3.27. The van der Waals surface area contributed by atoms with Gasteiger partial charge in [-0.05, 0) is 45.3 Å². The number of nitrogens with one attached hydrogen (secondary N) is 1. The highest BCUT2D eigenvalue weighted by Gasteiger charge is 2.36. The molecule has 1 saturated heterocycles. The molecule has 0 spiro atoms. The minimum absolute atomic E-state index is 0.165. The second-order valence-electron chi connectivity index (χ2n) is 5.48. The van der Waals surface area contributed by atoms with Crippen molar-refractivity contribution in [2.45, 2.75) is 45.6 Å². The van der Waals surface area contributed by atoms with Crippen LogP contribution in [0.5, 0.6) is 0 Å². The highest BCUT2D eigenvalue weighted by molar-refractivity contribution is 5.80. The Kier molecular flexibility index (Phi) is 6.09. The van der Waals surface area contributed by atoms with E-state index in [4.69, 9.17) is 4.74 Å². The number of hydrogen-bond donors (Lipinski definition) is 1. The zero-order valence-corrected chi connectivity index (χ0v) is 12.3. The first-order chi connectivity index (χ1) is 8.55. The highest BCUT2D eigenvalue weighted by atomic mass is 16.5. The van der Waals surface area contributed by atoms with E-state index in [1.54, 1.807) is 0 Å². The lowest BCUT2D eigenvalue weighted by Gasteiger charge is -2.37. The van der Waals surface area contributed by atoms with E-state index in [0.29, 0.717) is 0 Å². The number of carbonyl (C=O) groups is 1. The number of esters is 1. The van der Waals surface area contributed by atoms with Gasteiger partial charge in [-0.1, -0.05) is 20.3 Å². The van der Waals surface area contributed by atoms with Crippen LogP contribution in [0.25, 0.3) is 0 Å². The maximum Gasteiger partial charge on any atom is 0.327 e. The van der Waals surface area contributed by atoms with Crippen molar-refractivity contribution in [3.8, 4) is 0 Å². The molecule has 1 aliphatic rings. The maximum absolute atomic E-state index is 11.9. The van der Waals surface area contributed by atoms with Crippen LogP contribution in [-0.2, 0) is 9.53 Å². The molecule has 1 atom stereocenters. The van der Waals surface area contributed by atoms with E-state index in [-0.39, 0.29) is 5.97 Å². The molecule has 4 heteroatoms. The van der Waals surface area contributed by atoms with Crippen LogP contribution < -0.4 is 5.32 Å². The molecule has 0 aromatic heterocycles. The largest absolute Gasteiger partial charge is 0.468 e. The van der Waals surface area contributed by atoms with Gasteiger partial charge in [0.15, 0.2) is 0 Å². The molecule has 1 N–H and O–H groups in total. The van der Waals surface area contributed by atoms with E-state index in [1.807, 2.05) is 13.8 Å². The van der Waals surface area contributed by atoms with E-state index in [9.17, 15) is 4.79 Å². The van der Waals surface area contributed by atoms with E-state index >= 15 is 0 Å². The normalized spacial score (nSPS) is 21.6. The van der Waals surface area contributed by atoms with Gasteiger partial charge in [-0.25, -0.2) is 0 Å². The minimum atomic E-state index is -0.581. The van der Waals surface area contributed by atoms with Gasteiger partial charge < -0.3 is 15.0 Å². The van der Waals surface area contributed by atoms with Gasteiger partial charge in [-0.2, -0.15) is 0 Å². The summed E-state index contributed by atoms with van der Waals surface area (Å²) in [6.45, 7) is 9.92. The summed E-state index contributed by atoms with van der Waals surface area (Å²) < 4.78 is 4.92. The van der Waals surface area contributed by atoms with Crippen molar-refractivity contribution in [1.29, 1.82) is 0 Å². The third kappa shape index (κ3) is 3.95. The summed E-state index contributed by atoms with van der Waals surface area (Å²) in [5.41, 5.74) is -0.581. The van der Waals surface area contributed by atoms with Crippen molar-refractivity contribution in [2.24, 2.45) is 5.92 Å². The number of nitrogens with zero attached hydrogens (tertiary/aromatic N) is 1. The van der Waals surface area contributed by atoms with Crippen LogP contribution in [-0.4, -0.2) is 49.7 Å². The monoisotopic (exact) mass is 256 g/mol. The summed E-state index contributed by atoms with van der Waals surface area (Å²) in [6, 6.07) is 0. The smallest absolute Gasteiger partial charge is 0.327 e. The van der Waals surface area contributed by atoms with E-state index in [2.05, 4.69) is 17.1 Å². The average molecular weight is 256 g/mol. The number of carbonyl (C=O) groups excluding carboxylic acids is 1. The van der Waals surface area contributed by atoms with Crippen molar-refractivity contribution in [2.75, 3.05) is 33.3 Å². The highest BCUT2D eigenvalue weighted by Crippen LogP contribution is 2.21. The van der Waals surface area contributed by atoms with Gasteiger partial charge in [-0.3, -0.25) is 4.79 Å². The fourth-order valence-electron chi connectivity index (χ4n) is 2.81. The summed E-state index contributed by atoms with van der Waals surface area (Å²) in [7, 11) is 1.46. The number of methoxy groups -OCH3 is 1. The molecule has 0 aromatic carbocycles. The predicted octanol–water partition coefficient (Wildman–Crippen LogP) is 1.65. The molecule has 1 unspecified atom stereocenters. The van der Waals surface area contributed by atoms with E-state index < -0.39 is 5.54 Å². The zero-order valence-electron chi connectivity index (χ0n) is 12.3. The van der Waals surface area contributed by atoms with Gasteiger partial charge in [0.25, 0.3) is 0 Å². The number of ether oxygens (including phenoxy) is 1. The van der Waals surface area contributed by atoms with Crippen molar-refractivity contribution < 1.29 is 9.53 Å². The Labute approximate surface area is 111 Å². The standard InChI is InChI=1S/C14H28N2O2/c1-5-12-7-9-16(10-8-12)11-14(3,15-6-2)13(17)18-4/h12,15H,5-11H2,1-4H3. The van der Waals surface area contributed by atoms with Crippen LogP contribution in [0.1, 0.15) is 40.0 Å². The molecule has 0 saturated carbocycles. The molecule has 1 aliphatic heterocycles. The topological polar surface area (TPSA) is 41.6 Å². The van der Waals surface area contributed by atoms with Gasteiger partial charge >= 0.3 is 5.97 Å². The van der Waals surface area contributed by atoms with Gasteiger partial charge in [0.2, 0.25) is 0 Å². The molecule has 0 bridgehead atoms. The lowest BCUT2D eigenvalue weighted by atomic mass is 9.92. The summed E-state index contributed by atoms with van der Waals surface area (Å²) >= 11 is 0. The Balaban J connectivity index is 2.54. The fraction of sp³-hybridized carbons (Fsp3) is 0.929. The molecule has 1 heterocycles. The van der Waals surface area contributed by atoms with Crippen molar-refractivity contribution >= 4 is 5.97 Å². The molecule has 106 valence electrons. The van der Waals surface area contributed by atoms with Gasteiger partial charge in [0.05, 0.1) is 7.11 Å². The lowest BCUT2D eigenvalue weighted by Crippen LogP contribution is -2.58. The first-order valence-corrected chi connectivity index (χ1v) is 7.11. The molecule has 0 aromatic rings. The molecular weight excluding hydrogens is 228 g/mol. The van der Waals surface area contributed by atoms with Crippen LogP contribution in [0, 0.1) is 5.92 Å². The van der Waals surface area contributed by atoms with E-state index in [0.717, 1.165) is 32.1 Å². The first kappa shape index (κ1) is 15.4. The van der Waals surface area contributed by atoms with Crippen LogP contribution in [0.3, 0.4) is 0 Å². The molecule has 4 nitrogen and oxygen atoms in total. The van der Waals surface area contributed by atoms with Crippen molar-refractivity contribution in [1.82, 2.24) is 10.2 Å². The summed E-state index contributed by atoms with van der Waals surface area (Å²) in [5.74, 6) is 0.701. The van der Waals surface area contributed by atoms with Crippen LogP contribution >= 0.6 is 0 Å². The molecule has 1 rings (SSSR count). The molecule has 0 amide bonds. The zero-order chi connectivity index (χ0) is 13.6. The number of rotatable bonds is 6. The third-order valence-electron chi connectivity index (χ3n) is 4.03. The number of piperidine rings is 1. The Morgan fingerprint density at radius 2 is 2.00 bits per heavy atom. The van der Waals surface area contributed by atoms with Crippen LogP contribution in [0.2, 0.25) is 0 Å². The molecule has 1 fully saturated rings. The summed E-state index contributed by atoms with van der Waals surface area (Å²) in [6.07, 6.45) is 3.77. The van der Waals surface area contributed by atoms with Crippen molar-refractivity contribution in [3.63, 3.8) is 0 Å². The van der Waals surface area contributed by atoms with Gasteiger partial charge in [0, 0.05) is 6.54 Å². The Morgan fingerprint density at radius 1 is 1.39 bits per heavy atom. The predicted molar refractivity (Wildman–Crippen MR) is 73.6 cm³/mol. The van der Waals surface area contributed by atoms with E-state index in [1.165, 1.54) is 26.4 Å². The minimum Gasteiger partial charge on any atom is -0.468 e. The Morgan fingerprint density at radius 3 is 2.44 bits per heavy atom. The second kappa shape index (κ2) is 7.10. The molecule has 0 aliphatic carbocycles. The summed E-state index contributed by atoms with van der Waals surface area (Å²) in [4.78, 5) is 14.3.